The minimum absolute atomic E-state index is 0.0329. The molecule has 1 heterocycles. The lowest BCUT2D eigenvalue weighted by Crippen LogP contribution is -2.33. The summed E-state index contributed by atoms with van der Waals surface area (Å²) in [4.78, 5) is 14.5. The maximum absolute atomic E-state index is 12.6. The minimum Gasteiger partial charge on any atom is -0.494 e. The second-order valence-corrected chi connectivity index (χ2v) is 8.07. The van der Waals surface area contributed by atoms with E-state index >= 15 is 0 Å². The molecular formula is C23H26Cl2N2O3. The van der Waals surface area contributed by atoms with E-state index in [1.807, 2.05) is 29.2 Å². The number of likely N-dealkylation sites (tertiary alicyclic amines) is 1. The Hall–Kier alpha value is -2.37. The van der Waals surface area contributed by atoms with Crippen molar-refractivity contribution in [2.75, 3.05) is 32.8 Å². The summed E-state index contributed by atoms with van der Waals surface area (Å²) in [5.74, 6) is 1.66. The van der Waals surface area contributed by atoms with E-state index < -0.39 is 0 Å². The van der Waals surface area contributed by atoms with Crippen molar-refractivity contribution in [1.29, 1.82) is 0 Å². The summed E-state index contributed by atoms with van der Waals surface area (Å²) in [6.45, 7) is 6.92. The van der Waals surface area contributed by atoms with Gasteiger partial charge in [-0.3, -0.25) is 4.79 Å². The minimum atomic E-state index is -0.0329. The molecule has 0 saturated carbocycles. The molecule has 0 spiro atoms. The Morgan fingerprint density at radius 3 is 2.27 bits per heavy atom. The van der Waals surface area contributed by atoms with Gasteiger partial charge in [0, 0.05) is 35.4 Å². The monoisotopic (exact) mass is 448 g/mol. The van der Waals surface area contributed by atoms with Crippen LogP contribution in [0.2, 0.25) is 10.0 Å². The lowest BCUT2D eigenvalue weighted by Gasteiger charge is -2.18. The van der Waals surface area contributed by atoms with E-state index in [0.29, 0.717) is 36.3 Å². The summed E-state index contributed by atoms with van der Waals surface area (Å²) in [5, 5.41) is 4.57. The standard InChI is InChI=1S/C23H26Cl2N2O3/c1-17(16-30-22-9-5-20(25)6-10-22)26-15-18-11-13-27(23(18)28)12-2-14-29-21-7-3-19(24)4-8-21/h3-10,18,26H,1-2,11-16H2. The third-order valence-electron chi connectivity index (χ3n) is 4.89. The maximum atomic E-state index is 12.6. The third kappa shape index (κ3) is 6.85. The highest BCUT2D eigenvalue weighted by Crippen LogP contribution is 2.19. The van der Waals surface area contributed by atoms with Gasteiger partial charge in [-0.2, -0.15) is 0 Å². The fourth-order valence-electron chi connectivity index (χ4n) is 3.21. The van der Waals surface area contributed by atoms with Gasteiger partial charge in [-0.25, -0.2) is 0 Å². The van der Waals surface area contributed by atoms with Crippen LogP contribution in [0.1, 0.15) is 12.8 Å². The zero-order valence-corrected chi connectivity index (χ0v) is 18.3. The molecule has 1 N–H and O–H groups in total. The van der Waals surface area contributed by atoms with Gasteiger partial charge in [-0.05, 0) is 61.4 Å². The molecule has 160 valence electrons. The summed E-state index contributed by atoms with van der Waals surface area (Å²) in [7, 11) is 0. The molecule has 0 bridgehead atoms. The van der Waals surface area contributed by atoms with Gasteiger partial charge < -0.3 is 19.7 Å². The van der Waals surface area contributed by atoms with Crippen molar-refractivity contribution >= 4 is 29.1 Å². The molecule has 0 radical (unpaired) electrons. The number of amides is 1. The van der Waals surface area contributed by atoms with Crippen LogP contribution < -0.4 is 14.8 Å². The van der Waals surface area contributed by atoms with Gasteiger partial charge >= 0.3 is 0 Å². The topological polar surface area (TPSA) is 50.8 Å². The molecule has 3 rings (SSSR count). The zero-order valence-electron chi connectivity index (χ0n) is 16.8. The van der Waals surface area contributed by atoms with Gasteiger partial charge in [0.05, 0.1) is 12.5 Å². The zero-order chi connectivity index (χ0) is 21.3. The van der Waals surface area contributed by atoms with E-state index in [2.05, 4.69) is 11.9 Å². The van der Waals surface area contributed by atoms with Crippen molar-refractivity contribution in [3.8, 4) is 11.5 Å². The molecule has 1 atom stereocenters. The second-order valence-electron chi connectivity index (χ2n) is 7.19. The number of halogens is 2. The molecular weight excluding hydrogens is 423 g/mol. The van der Waals surface area contributed by atoms with Gasteiger partial charge in [-0.15, -0.1) is 0 Å². The second kappa shape index (κ2) is 11.1. The first-order valence-corrected chi connectivity index (χ1v) is 10.7. The number of carbonyl (C=O) groups is 1. The van der Waals surface area contributed by atoms with Crippen LogP contribution in [0.5, 0.6) is 11.5 Å². The molecule has 1 amide bonds. The predicted octanol–water partition coefficient (Wildman–Crippen LogP) is 4.79. The van der Waals surface area contributed by atoms with E-state index in [1.165, 1.54) is 0 Å². The summed E-state index contributed by atoms with van der Waals surface area (Å²) < 4.78 is 11.3. The Labute approximate surface area is 187 Å². The molecule has 1 aliphatic rings. The van der Waals surface area contributed by atoms with Gasteiger partial charge in [0.1, 0.15) is 18.1 Å². The first-order chi connectivity index (χ1) is 14.5. The highest BCUT2D eigenvalue weighted by molar-refractivity contribution is 6.30. The molecule has 2 aromatic carbocycles. The summed E-state index contributed by atoms with van der Waals surface area (Å²) >= 11 is 11.7. The van der Waals surface area contributed by atoms with Crippen molar-refractivity contribution in [1.82, 2.24) is 10.2 Å². The van der Waals surface area contributed by atoms with Crippen LogP contribution in [0.25, 0.3) is 0 Å². The quantitative estimate of drug-likeness (QED) is 0.501. The average molecular weight is 449 g/mol. The van der Waals surface area contributed by atoms with Crippen molar-refractivity contribution in [3.05, 3.63) is 70.9 Å². The molecule has 1 unspecified atom stereocenters. The van der Waals surface area contributed by atoms with Crippen LogP contribution in [0.4, 0.5) is 0 Å². The number of nitrogens with one attached hydrogen (secondary N) is 1. The number of ether oxygens (including phenoxy) is 2. The number of hydrogen-bond donors (Lipinski definition) is 1. The fraction of sp³-hybridized carbons (Fsp3) is 0.348. The van der Waals surface area contributed by atoms with Crippen LogP contribution in [-0.4, -0.2) is 43.7 Å². The smallest absolute Gasteiger partial charge is 0.227 e. The van der Waals surface area contributed by atoms with Crippen LogP contribution in [0.3, 0.4) is 0 Å². The van der Waals surface area contributed by atoms with Crippen LogP contribution in [-0.2, 0) is 4.79 Å². The molecule has 2 aromatic rings. The van der Waals surface area contributed by atoms with Gasteiger partial charge in [0.2, 0.25) is 5.91 Å². The van der Waals surface area contributed by atoms with E-state index in [0.717, 1.165) is 36.6 Å². The largest absolute Gasteiger partial charge is 0.494 e. The Balaban J connectivity index is 1.31. The van der Waals surface area contributed by atoms with Crippen molar-refractivity contribution < 1.29 is 14.3 Å². The summed E-state index contributed by atoms with van der Waals surface area (Å²) in [6, 6.07) is 14.5. The normalized spacial score (nSPS) is 15.9. The Morgan fingerprint density at radius 1 is 1.03 bits per heavy atom. The SMILES string of the molecule is C=C(COc1ccc(Cl)cc1)NCC1CCN(CCCOc2ccc(Cl)cc2)C1=O. The summed E-state index contributed by atoms with van der Waals surface area (Å²) in [5.41, 5.74) is 0.743. The molecule has 1 saturated heterocycles. The van der Waals surface area contributed by atoms with E-state index in [9.17, 15) is 4.79 Å². The van der Waals surface area contributed by atoms with Crippen molar-refractivity contribution in [2.24, 2.45) is 5.92 Å². The lowest BCUT2D eigenvalue weighted by molar-refractivity contribution is -0.130. The maximum Gasteiger partial charge on any atom is 0.227 e. The van der Waals surface area contributed by atoms with Crippen LogP contribution >= 0.6 is 23.2 Å². The Kier molecular flexibility index (Phi) is 8.29. The number of rotatable bonds is 11. The molecule has 0 aliphatic carbocycles. The number of carbonyl (C=O) groups excluding carboxylic acids is 1. The molecule has 1 aliphatic heterocycles. The van der Waals surface area contributed by atoms with Crippen LogP contribution in [0.15, 0.2) is 60.8 Å². The van der Waals surface area contributed by atoms with E-state index in [-0.39, 0.29) is 11.8 Å². The van der Waals surface area contributed by atoms with Crippen molar-refractivity contribution in [2.45, 2.75) is 12.8 Å². The average Bonchev–Trinajstić information content (AvgIpc) is 3.10. The van der Waals surface area contributed by atoms with Gasteiger partial charge in [0.15, 0.2) is 0 Å². The highest BCUT2D eigenvalue weighted by Gasteiger charge is 2.30. The lowest BCUT2D eigenvalue weighted by atomic mass is 10.1. The van der Waals surface area contributed by atoms with Gasteiger partial charge in [0.25, 0.3) is 0 Å². The molecule has 30 heavy (non-hydrogen) atoms. The molecule has 7 heteroatoms. The van der Waals surface area contributed by atoms with Gasteiger partial charge in [-0.1, -0.05) is 29.8 Å². The third-order valence-corrected chi connectivity index (χ3v) is 5.39. The number of benzene rings is 2. The Bertz CT molecular complexity index is 841. The fourth-order valence-corrected chi connectivity index (χ4v) is 3.46. The Morgan fingerprint density at radius 2 is 1.63 bits per heavy atom. The molecule has 5 nitrogen and oxygen atoms in total. The molecule has 1 fully saturated rings. The first kappa shape index (κ1) is 22.3. The highest BCUT2D eigenvalue weighted by atomic mass is 35.5. The molecule has 0 aromatic heterocycles. The number of nitrogens with zero attached hydrogens (tertiary/aromatic N) is 1. The van der Waals surface area contributed by atoms with E-state index in [1.54, 1.807) is 24.3 Å². The first-order valence-electron chi connectivity index (χ1n) is 9.98. The van der Waals surface area contributed by atoms with Crippen molar-refractivity contribution in [3.63, 3.8) is 0 Å². The number of hydrogen-bond acceptors (Lipinski definition) is 4. The summed E-state index contributed by atoms with van der Waals surface area (Å²) in [6.07, 6.45) is 1.63. The van der Waals surface area contributed by atoms with Crippen LogP contribution in [0, 0.1) is 5.92 Å². The predicted molar refractivity (Wildman–Crippen MR) is 120 cm³/mol. The van der Waals surface area contributed by atoms with E-state index in [4.69, 9.17) is 32.7 Å².